The predicted octanol–water partition coefficient (Wildman–Crippen LogP) is 6.02. The predicted molar refractivity (Wildman–Crippen MR) is 139 cm³/mol. The first-order chi connectivity index (χ1) is 17.2. The van der Waals surface area contributed by atoms with Crippen LogP contribution in [0, 0.1) is 11.9 Å². The Morgan fingerprint density at radius 3 is 2.26 bits per heavy atom. The van der Waals surface area contributed by atoms with E-state index in [9.17, 15) is 9.18 Å². The molecule has 0 saturated carbocycles. The van der Waals surface area contributed by atoms with Crippen molar-refractivity contribution in [3.05, 3.63) is 108 Å². The molecule has 4 rings (SSSR count). The van der Waals surface area contributed by atoms with Crippen molar-refractivity contribution in [2.24, 2.45) is 5.92 Å². The number of nitrogens with one attached hydrogen (secondary N) is 1. The van der Waals surface area contributed by atoms with Gasteiger partial charge in [0.25, 0.3) is 0 Å². The van der Waals surface area contributed by atoms with Crippen molar-refractivity contribution in [2.75, 3.05) is 19.6 Å². The summed E-state index contributed by atoms with van der Waals surface area (Å²) in [7, 11) is 0. The van der Waals surface area contributed by atoms with Gasteiger partial charge in [-0.3, -0.25) is 9.69 Å². The van der Waals surface area contributed by atoms with Crippen molar-refractivity contribution in [3.8, 4) is 0 Å². The van der Waals surface area contributed by atoms with E-state index in [0.29, 0.717) is 18.2 Å². The SMILES string of the molecule is O=C(/C=C/c1cccnc1F)NCCCCC1CCN(C(c2ccccc2)c2ccccc2)CC1. The van der Waals surface area contributed by atoms with Crippen molar-refractivity contribution in [3.63, 3.8) is 0 Å². The first-order valence-electron chi connectivity index (χ1n) is 12.6. The molecule has 0 aliphatic carbocycles. The molecule has 35 heavy (non-hydrogen) atoms. The van der Waals surface area contributed by atoms with E-state index in [0.717, 1.165) is 31.8 Å². The number of nitrogens with zero attached hydrogens (tertiary/aromatic N) is 2. The molecule has 0 radical (unpaired) electrons. The molecule has 2 heterocycles. The molecule has 1 fully saturated rings. The lowest BCUT2D eigenvalue weighted by molar-refractivity contribution is -0.116. The van der Waals surface area contributed by atoms with Crippen LogP contribution in [0.1, 0.15) is 54.8 Å². The summed E-state index contributed by atoms with van der Waals surface area (Å²) in [5.41, 5.74) is 3.03. The summed E-state index contributed by atoms with van der Waals surface area (Å²) in [6.45, 7) is 2.85. The standard InChI is InChI=1S/C30H34FN3O/c31-30-27(15-9-21-33-30)16-17-28(35)32-20-8-7-10-24-18-22-34(23-19-24)29(25-11-3-1-4-12-25)26-13-5-2-6-14-26/h1-6,9,11-17,21,24,29H,7-8,10,18-20,22-23H2,(H,32,35)/b17-16+. The maximum Gasteiger partial charge on any atom is 0.244 e. The van der Waals surface area contributed by atoms with Gasteiger partial charge in [0.05, 0.1) is 6.04 Å². The Morgan fingerprint density at radius 2 is 1.63 bits per heavy atom. The quantitative estimate of drug-likeness (QED) is 0.223. The van der Waals surface area contributed by atoms with Gasteiger partial charge in [-0.05, 0) is 67.6 Å². The topological polar surface area (TPSA) is 45.2 Å². The lowest BCUT2D eigenvalue weighted by Gasteiger charge is -2.38. The normalized spacial score (nSPS) is 15.0. The maximum absolute atomic E-state index is 13.5. The average molecular weight is 472 g/mol. The highest BCUT2D eigenvalue weighted by atomic mass is 19.1. The highest BCUT2D eigenvalue weighted by Gasteiger charge is 2.27. The smallest absolute Gasteiger partial charge is 0.244 e. The number of rotatable bonds is 10. The molecular weight excluding hydrogens is 437 g/mol. The summed E-state index contributed by atoms with van der Waals surface area (Å²) in [4.78, 5) is 18.2. The summed E-state index contributed by atoms with van der Waals surface area (Å²) in [6.07, 6.45) is 9.90. The molecular formula is C30H34FN3O. The number of hydrogen-bond acceptors (Lipinski definition) is 3. The van der Waals surface area contributed by atoms with Crippen molar-refractivity contribution in [2.45, 2.75) is 38.1 Å². The van der Waals surface area contributed by atoms with Crippen LogP contribution in [0.4, 0.5) is 4.39 Å². The molecule has 5 heteroatoms. The molecule has 182 valence electrons. The van der Waals surface area contributed by atoms with Gasteiger partial charge in [-0.1, -0.05) is 73.5 Å². The summed E-state index contributed by atoms with van der Waals surface area (Å²) in [5, 5.41) is 2.89. The summed E-state index contributed by atoms with van der Waals surface area (Å²) in [6, 6.07) is 25.2. The minimum Gasteiger partial charge on any atom is -0.353 e. The van der Waals surface area contributed by atoms with Gasteiger partial charge in [-0.15, -0.1) is 0 Å². The number of hydrogen-bond donors (Lipinski definition) is 1. The fraction of sp³-hybridized carbons (Fsp3) is 0.333. The second kappa shape index (κ2) is 13.0. The first kappa shape index (κ1) is 24.8. The van der Waals surface area contributed by atoms with Gasteiger partial charge in [0, 0.05) is 24.4 Å². The molecule has 1 aromatic heterocycles. The third kappa shape index (κ3) is 7.33. The van der Waals surface area contributed by atoms with Gasteiger partial charge < -0.3 is 5.32 Å². The molecule has 3 aromatic rings. The highest BCUT2D eigenvalue weighted by Crippen LogP contribution is 2.33. The fourth-order valence-corrected chi connectivity index (χ4v) is 4.90. The molecule has 0 bridgehead atoms. The Bertz CT molecular complexity index is 1040. The monoisotopic (exact) mass is 471 g/mol. The number of amides is 1. The molecule has 2 aromatic carbocycles. The van der Waals surface area contributed by atoms with E-state index in [1.165, 1.54) is 48.7 Å². The Morgan fingerprint density at radius 1 is 0.971 bits per heavy atom. The number of pyridine rings is 1. The molecule has 0 atom stereocenters. The number of unbranched alkanes of at least 4 members (excludes halogenated alkanes) is 1. The number of carbonyl (C=O) groups excluding carboxylic acids is 1. The minimum absolute atomic E-state index is 0.200. The maximum atomic E-state index is 13.5. The minimum atomic E-state index is -0.568. The lowest BCUT2D eigenvalue weighted by atomic mass is 9.88. The number of likely N-dealkylation sites (tertiary alicyclic amines) is 1. The van der Waals surface area contributed by atoms with Gasteiger partial charge in [-0.25, -0.2) is 4.98 Å². The van der Waals surface area contributed by atoms with Crippen molar-refractivity contribution in [1.29, 1.82) is 0 Å². The van der Waals surface area contributed by atoms with Crippen LogP contribution in [0.15, 0.2) is 85.1 Å². The van der Waals surface area contributed by atoms with E-state index in [1.54, 1.807) is 12.1 Å². The Labute approximate surface area is 207 Å². The second-order valence-electron chi connectivity index (χ2n) is 9.21. The van der Waals surface area contributed by atoms with Crippen molar-refractivity contribution < 1.29 is 9.18 Å². The lowest BCUT2D eigenvalue weighted by Crippen LogP contribution is -2.37. The van der Waals surface area contributed by atoms with E-state index >= 15 is 0 Å². The zero-order chi connectivity index (χ0) is 24.3. The average Bonchev–Trinajstić information content (AvgIpc) is 2.90. The molecule has 1 saturated heterocycles. The van der Waals surface area contributed by atoms with E-state index in [1.807, 2.05) is 0 Å². The van der Waals surface area contributed by atoms with Crippen LogP contribution in [0.25, 0.3) is 6.08 Å². The Kier molecular flexibility index (Phi) is 9.18. The van der Waals surface area contributed by atoms with Crippen LogP contribution in [-0.2, 0) is 4.79 Å². The largest absolute Gasteiger partial charge is 0.353 e. The third-order valence-corrected chi connectivity index (χ3v) is 6.79. The van der Waals surface area contributed by atoms with Crippen LogP contribution in [0.3, 0.4) is 0 Å². The van der Waals surface area contributed by atoms with E-state index in [-0.39, 0.29) is 5.91 Å². The van der Waals surface area contributed by atoms with Crippen LogP contribution in [0.5, 0.6) is 0 Å². The van der Waals surface area contributed by atoms with Gasteiger partial charge in [0.2, 0.25) is 11.9 Å². The van der Waals surface area contributed by atoms with Crippen molar-refractivity contribution in [1.82, 2.24) is 15.2 Å². The van der Waals surface area contributed by atoms with Gasteiger partial charge in [0.1, 0.15) is 0 Å². The van der Waals surface area contributed by atoms with Crippen LogP contribution in [0.2, 0.25) is 0 Å². The number of aromatic nitrogens is 1. The molecule has 1 aliphatic heterocycles. The van der Waals surface area contributed by atoms with Crippen LogP contribution >= 0.6 is 0 Å². The van der Waals surface area contributed by atoms with Crippen LogP contribution in [-0.4, -0.2) is 35.4 Å². The Hall–Kier alpha value is -3.31. The first-order valence-corrected chi connectivity index (χ1v) is 12.6. The molecule has 1 amide bonds. The molecule has 4 nitrogen and oxygen atoms in total. The number of halogens is 1. The number of benzene rings is 2. The van der Waals surface area contributed by atoms with Gasteiger partial charge >= 0.3 is 0 Å². The fourth-order valence-electron chi connectivity index (χ4n) is 4.90. The summed E-state index contributed by atoms with van der Waals surface area (Å²) < 4.78 is 13.5. The van der Waals surface area contributed by atoms with Gasteiger partial charge in [-0.2, -0.15) is 4.39 Å². The van der Waals surface area contributed by atoms with Gasteiger partial charge in [0.15, 0.2) is 0 Å². The zero-order valence-electron chi connectivity index (χ0n) is 20.2. The number of piperidine rings is 1. The third-order valence-electron chi connectivity index (χ3n) is 6.79. The second-order valence-corrected chi connectivity index (χ2v) is 9.21. The summed E-state index contributed by atoms with van der Waals surface area (Å²) >= 11 is 0. The van der Waals surface area contributed by atoms with E-state index < -0.39 is 5.95 Å². The molecule has 1 N–H and O–H groups in total. The molecule has 0 unspecified atom stereocenters. The van der Waals surface area contributed by atoms with Crippen molar-refractivity contribution >= 4 is 12.0 Å². The van der Waals surface area contributed by atoms with E-state index in [4.69, 9.17) is 0 Å². The van der Waals surface area contributed by atoms with E-state index in [2.05, 4.69) is 75.9 Å². The summed E-state index contributed by atoms with van der Waals surface area (Å²) in [5.74, 6) is -0.0292. The molecule has 1 aliphatic rings. The molecule has 0 spiro atoms. The number of carbonyl (C=O) groups is 1. The highest BCUT2D eigenvalue weighted by molar-refractivity contribution is 5.91. The zero-order valence-corrected chi connectivity index (χ0v) is 20.2. The Balaban J connectivity index is 1.18. The van der Waals surface area contributed by atoms with Crippen LogP contribution < -0.4 is 5.32 Å².